The lowest BCUT2D eigenvalue weighted by atomic mass is 10.1. The highest BCUT2D eigenvalue weighted by atomic mass is 16.5. The lowest BCUT2D eigenvalue weighted by Gasteiger charge is -2.13. The van der Waals surface area contributed by atoms with E-state index in [0.717, 1.165) is 41.0 Å². The predicted octanol–water partition coefficient (Wildman–Crippen LogP) is 12.3. The van der Waals surface area contributed by atoms with Gasteiger partial charge in [-0.1, -0.05) is 147 Å². The molecule has 0 saturated heterocycles. The van der Waals surface area contributed by atoms with Gasteiger partial charge < -0.3 is 14.2 Å². The van der Waals surface area contributed by atoms with Gasteiger partial charge in [-0.3, -0.25) is 0 Å². The van der Waals surface area contributed by atoms with E-state index in [1.165, 1.54) is 116 Å². The average Bonchev–Trinajstić information content (AvgIpc) is 3.01. The first-order valence-corrected chi connectivity index (χ1v) is 18.2. The molecule has 0 amide bonds. The van der Waals surface area contributed by atoms with Crippen molar-refractivity contribution in [2.75, 3.05) is 13.2 Å². The Labute approximate surface area is 270 Å². The number of carbonyl (C=O) groups excluding carboxylic acids is 1. The number of aryl methyl sites for hydroxylation is 2. The topological polar surface area (TPSA) is 44.8 Å². The smallest absolute Gasteiger partial charge is 0.338 e. The molecule has 0 atom stereocenters. The number of unbranched alkanes of at least 4 members (excludes halogenated alkanes) is 18. The molecule has 2 aromatic carbocycles. The second-order valence-electron chi connectivity index (χ2n) is 12.8. The van der Waals surface area contributed by atoms with Crippen LogP contribution in [-0.2, 0) is 11.3 Å². The van der Waals surface area contributed by atoms with Gasteiger partial charge in [-0.05, 0) is 56.5 Å². The van der Waals surface area contributed by atoms with Gasteiger partial charge in [-0.25, -0.2) is 4.79 Å². The molecule has 0 aliphatic rings. The van der Waals surface area contributed by atoms with E-state index in [2.05, 4.69) is 19.9 Å². The number of rotatable bonds is 27. The van der Waals surface area contributed by atoms with Crippen molar-refractivity contribution in [3.05, 3.63) is 58.7 Å². The van der Waals surface area contributed by atoms with Gasteiger partial charge in [0.05, 0.1) is 18.8 Å². The van der Waals surface area contributed by atoms with Crippen LogP contribution < -0.4 is 9.47 Å². The summed E-state index contributed by atoms with van der Waals surface area (Å²) in [6.07, 6.45) is 26.1. The van der Waals surface area contributed by atoms with Crippen LogP contribution in [0.3, 0.4) is 0 Å². The van der Waals surface area contributed by atoms with Crippen molar-refractivity contribution in [1.82, 2.24) is 0 Å². The Bertz CT molecular complexity index is 950. The Kier molecular flexibility index (Phi) is 21.2. The minimum absolute atomic E-state index is 0.190. The fraction of sp³-hybridized carbons (Fsp3) is 0.675. The highest BCUT2D eigenvalue weighted by Gasteiger charge is 2.11. The molecule has 0 bridgehead atoms. The molecule has 2 rings (SSSR count). The van der Waals surface area contributed by atoms with Crippen LogP contribution in [-0.4, -0.2) is 19.2 Å². The molecule has 4 nitrogen and oxygen atoms in total. The molecule has 44 heavy (non-hydrogen) atoms. The maximum Gasteiger partial charge on any atom is 0.338 e. The van der Waals surface area contributed by atoms with Gasteiger partial charge >= 0.3 is 5.97 Å². The molecule has 0 saturated carbocycles. The van der Waals surface area contributed by atoms with Crippen molar-refractivity contribution in [2.45, 2.75) is 163 Å². The van der Waals surface area contributed by atoms with Crippen LogP contribution in [0.15, 0.2) is 36.4 Å². The molecule has 0 aromatic heterocycles. The molecule has 0 aliphatic carbocycles. The Morgan fingerprint density at radius 2 is 0.886 bits per heavy atom. The van der Waals surface area contributed by atoms with Gasteiger partial charge in [0.15, 0.2) is 0 Å². The van der Waals surface area contributed by atoms with Crippen LogP contribution in [0.1, 0.15) is 169 Å². The number of hydrogen-bond acceptors (Lipinski definition) is 4. The van der Waals surface area contributed by atoms with E-state index in [0.29, 0.717) is 18.8 Å². The molecular formula is C40H64O4. The summed E-state index contributed by atoms with van der Waals surface area (Å²) in [5.74, 6) is 1.28. The van der Waals surface area contributed by atoms with E-state index >= 15 is 0 Å². The molecule has 0 spiro atoms. The van der Waals surface area contributed by atoms with Gasteiger partial charge in [0, 0.05) is 6.07 Å². The number of benzene rings is 2. The number of ether oxygens (including phenoxy) is 3. The number of carbonyl (C=O) groups is 1. The van der Waals surface area contributed by atoms with Gasteiger partial charge in [-0.2, -0.15) is 0 Å². The van der Waals surface area contributed by atoms with Crippen LogP contribution in [0.5, 0.6) is 11.5 Å². The van der Waals surface area contributed by atoms with E-state index < -0.39 is 0 Å². The molecule has 0 unspecified atom stereocenters. The van der Waals surface area contributed by atoms with Gasteiger partial charge in [0.1, 0.15) is 18.1 Å². The minimum Gasteiger partial charge on any atom is -0.493 e. The molecular weight excluding hydrogens is 544 g/mol. The quantitative estimate of drug-likeness (QED) is 0.0747. The summed E-state index contributed by atoms with van der Waals surface area (Å²) in [5.41, 5.74) is 3.60. The van der Waals surface area contributed by atoms with Crippen LogP contribution in [0.25, 0.3) is 0 Å². The summed E-state index contributed by atoms with van der Waals surface area (Å²) < 4.78 is 18.0. The highest BCUT2D eigenvalue weighted by molar-refractivity contribution is 5.89. The van der Waals surface area contributed by atoms with Gasteiger partial charge in [0.2, 0.25) is 0 Å². The van der Waals surface area contributed by atoms with Gasteiger partial charge in [0.25, 0.3) is 0 Å². The summed E-state index contributed by atoms with van der Waals surface area (Å²) in [6, 6.07) is 11.8. The second kappa shape index (κ2) is 24.8. The molecule has 4 heteroatoms. The Balaban J connectivity index is 1.79. The monoisotopic (exact) mass is 608 g/mol. The normalized spacial score (nSPS) is 11.1. The lowest BCUT2D eigenvalue weighted by Crippen LogP contribution is -2.07. The van der Waals surface area contributed by atoms with Crippen molar-refractivity contribution in [2.24, 2.45) is 0 Å². The minimum atomic E-state index is -0.304. The highest BCUT2D eigenvalue weighted by Crippen LogP contribution is 2.25. The van der Waals surface area contributed by atoms with Crippen LogP contribution in [0.4, 0.5) is 0 Å². The van der Waals surface area contributed by atoms with Crippen molar-refractivity contribution in [3.63, 3.8) is 0 Å². The third-order valence-corrected chi connectivity index (χ3v) is 8.30. The van der Waals surface area contributed by atoms with Crippen LogP contribution in [0.2, 0.25) is 0 Å². The average molecular weight is 609 g/mol. The molecule has 2 aromatic rings. The lowest BCUT2D eigenvalue weighted by molar-refractivity contribution is 0.0471. The van der Waals surface area contributed by atoms with E-state index in [4.69, 9.17) is 14.2 Å². The summed E-state index contributed by atoms with van der Waals surface area (Å²) in [4.78, 5) is 12.8. The summed E-state index contributed by atoms with van der Waals surface area (Å²) in [6.45, 7) is 10.1. The van der Waals surface area contributed by atoms with E-state index in [1.807, 2.05) is 44.2 Å². The number of esters is 1. The fourth-order valence-corrected chi connectivity index (χ4v) is 5.76. The number of hydrogen-bond donors (Lipinski definition) is 0. The van der Waals surface area contributed by atoms with Crippen molar-refractivity contribution < 1.29 is 19.0 Å². The molecule has 0 aliphatic heterocycles. The first-order chi connectivity index (χ1) is 21.5. The molecule has 248 valence electrons. The van der Waals surface area contributed by atoms with Crippen molar-refractivity contribution >= 4 is 5.97 Å². The Hall–Kier alpha value is -2.49. The maximum absolute atomic E-state index is 12.8. The Morgan fingerprint density at radius 3 is 1.30 bits per heavy atom. The van der Waals surface area contributed by atoms with E-state index in [-0.39, 0.29) is 12.6 Å². The summed E-state index contributed by atoms with van der Waals surface area (Å²) >= 11 is 0. The third kappa shape index (κ3) is 18.3. The molecule has 0 fully saturated rings. The fourth-order valence-electron chi connectivity index (χ4n) is 5.76. The second-order valence-corrected chi connectivity index (χ2v) is 12.8. The van der Waals surface area contributed by atoms with Crippen LogP contribution >= 0.6 is 0 Å². The first kappa shape index (κ1) is 37.7. The van der Waals surface area contributed by atoms with E-state index in [9.17, 15) is 4.79 Å². The first-order valence-electron chi connectivity index (χ1n) is 18.2. The molecule has 0 heterocycles. The van der Waals surface area contributed by atoms with Crippen LogP contribution in [0, 0.1) is 13.8 Å². The van der Waals surface area contributed by atoms with Gasteiger partial charge in [-0.15, -0.1) is 0 Å². The molecule has 0 N–H and O–H groups in total. The molecule has 0 radical (unpaired) electrons. The predicted molar refractivity (Wildman–Crippen MR) is 186 cm³/mol. The largest absolute Gasteiger partial charge is 0.493 e. The van der Waals surface area contributed by atoms with Crippen molar-refractivity contribution in [3.8, 4) is 11.5 Å². The maximum atomic E-state index is 12.8. The third-order valence-electron chi connectivity index (χ3n) is 8.30. The zero-order valence-electron chi connectivity index (χ0n) is 28.9. The Morgan fingerprint density at radius 1 is 0.500 bits per heavy atom. The summed E-state index contributed by atoms with van der Waals surface area (Å²) in [5, 5.41) is 0. The SMILES string of the molecule is CCCCCCCCCCCCOc1cc(COC(=O)c2cc(C)cc(C)c2)cc(OCCCCCCCCCCCC)c1. The zero-order valence-corrected chi connectivity index (χ0v) is 28.9. The standard InChI is InChI=1S/C40H64O4/c1-5-7-9-11-13-15-17-19-21-23-25-42-38-30-36(33-44-40(41)37-28-34(3)27-35(4)29-37)31-39(32-38)43-26-24-22-20-18-16-14-12-10-8-6-2/h27-32H,5-26,33H2,1-4H3. The van der Waals surface area contributed by atoms with E-state index in [1.54, 1.807) is 0 Å². The zero-order chi connectivity index (χ0) is 31.7. The summed E-state index contributed by atoms with van der Waals surface area (Å²) in [7, 11) is 0. The van der Waals surface area contributed by atoms with Crippen molar-refractivity contribution in [1.29, 1.82) is 0 Å².